The quantitative estimate of drug-likeness (QED) is 0.650. The van der Waals surface area contributed by atoms with E-state index < -0.39 is 0 Å². The van der Waals surface area contributed by atoms with Crippen molar-refractivity contribution in [2.75, 3.05) is 6.61 Å². The second-order valence-corrected chi connectivity index (χ2v) is 3.77. The van der Waals surface area contributed by atoms with Crippen LogP contribution in [0.25, 0.3) is 10.8 Å². The molecule has 0 N–H and O–H groups in total. The van der Waals surface area contributed by atoms with Gasteiger partial charge in [-0.1, -0.05) is 24.3 Å². The average molecular weight is 198 g/mol. The number of Topliss-reactive ketones (excluding diaryl/α,β-unsaturated/α-hetero) is 1. The lowest BCUT2D eigenvalue weighted by Gasteiger charge is -2.16. The molecule has 2 heteroatoms. The van der Waals surface area contributed by atoms with E-state index in [1.165, 1.54) is 0 Å². The minimum atomic E-state index is 0.0852. The summed E-state index contributed by atoms with van der Waals surface area (Å²) in [5, 5.41) is 2.28. The van der Waals surface area contributed by atoms with Crippen molar-refractivity contribution in [2.24, 2.45) is 0 Å². The number of ketones is 1. The molecular weight excluding hydrogens is 188 g/mol. The molecule has 74 valence electrons. The van der Waals surface area contributed by atoms with Crippen LogP contribution in [0.2, 0.25) is 0 Å². The number of carbonyl (C=O) groups is 1. The lowest BCUT2D eigenvalue weighted by Crippen LogP contribution is -2.17. The molecule has 2 aromatic rings. The van der Waals surface area contributed by atoms with E-state index in [2.05, 4.69) is 6.07 Å². The van der Waals surface area contributed by atoms with Crippen molar-refractivity contribution in [3.63, 3.8) is 0 Å². The molecule has 2 aromatic carbocycles. The van der Waals surface area contributed by atoms with Gasteiger partial charge < -0.3 is 4.74 Å². The normalized spacial score (nSPS) is 15.3. The highest BCUT2D eigenvalue weighted by Gasteiger charge is 2.17. The molecule has 1 aliphatic heterocycles. The lowest BCUT2D eigenvalue weighted by atomic mass is 9.97. The largest absolute Gasteiger partial charge is 0.369 e. The van der Waals surface area contributed by atoms with Crippen LogP contribution >= 0.6 is 0 Å². The molecule has 3 rings (SSSR count). The Morgan fingerprint density at radius 2 is 1.73 bits per heavy atom. The first kappa shape index (κ1) is 8.62. The van der Waals surface area contributed by atoms with Gasteiger partial charge in [-0.3, -0.25) is 4.79 Å². The summed E-state index contributed by atoms with van der Waals surface area (Å²) in [5.41, 5.74) is 1.82. The maximum Gasteiger partial charge on any atom is 0.188 e. The van der Waals surface area contributed by atoms with Crippen molar-refractivity contribution < 1.29 is 9.53 Å². The molecular formula is C13H10O2. The Labute approximate surface area is 87.5 Å². The predicted octanol–water partition coefficient (Wildman–Crippen LogP) is 2.55. The highest BCUT2D eigenvalue weighted by Crippen LogP contribution is 2.23. The molecule has 0 spiro atoms. The Bertz CT molecular complexity index is 543. The number of fused-ring (bicyclic) bond motifs is 2. The van der Waals surface area contributed by atoms with Crippen LogP contribution in [0.4, 0.5) is 0 Å². The van der Waals surface area contributed by atoms with E-state index in [1.54, 1.807) is 0 Å². The smallest absolute Gasteiger partial charge is 0.188 e. The van der Waals surface area contributed by atoms with E-state index in [1.807, 2.05) is 30.3 Å². The Balaban J connectivity index is 2.32. The van der Waals surface area contributed by atoms with Gasteiger partial charge in [0, 0.05) is 5.56 Å². The summed E-state index contributed by atoms with van der Waals surface area (Å²) in [5.74, 6) is 0.0852. The van der Waals surface area contributed by atoms with Gasteiger partial charge in [-0.2, -0.15) is 0 Å². The van der Waals surface area contributed by atoms with Crippen LogP contribution in [-0.4, -0.2) is 12.4 Å². The molecule has 2 nitrogen and oxygen atoms in total. The van der Waals surface area contributed by atoms with Crippen molar-refractivity contribution in [2.45, 2.75) is 6.61 Å². The van der Waals surface area contributed by atoms with Gasteiger partial charge in [0.1, 0.15) is 6.61 Å². The van der Waals surface area contributed by atoms with Crippen LogP contribution in [-0.2, 0) is 11.3 Å². The van der Waals surface area contributed by atoms with Crippen LogP contribution < -0.4 is 0 Å². The van der Waals surface area contributed by atoms with Crippen LogP contribution in [0.15, 0.2) is 36.4 Å². The molecule has 0 atom stereocenters. The molecule has 15 heavy (non-hydrogen) atoms. The number of ether oxygens (including phenoxy) is 1. The molecule has 0 radical (unpaired) electrons. The number of benzene rings is 2. The van der Waals surface area contributed by atoms with E-state index >= 15 is 0 Å². The average Bonchev–Trinajstić information content (AvgIpc) is 2.27. The van der Waals surface area contributed by atoms with Crippen molar-refractivity contribution in [1.29, 1.82) is 0 Å². The molecule has 0 unspecified atom stereocenters. The molecule has 0 saturated heterocycles. The first-order valence-electron chi connectivity index (χ1n) is 4.97. The summed E-state index contributed by atoms with van der Waals surface area (Å²) in [6.45, 7) is 0.761. The molecule has 0 fully saturated rings. The van der Waals surface area contributed by atoms with Gasteiger partial charge in [0.25, 0.3) is 0 Å². The monoisotopic (exact) mass is 198 g/mol. The number of carbonyl (C=O) groups excluding carboxylic acids is 1. The summed E-state index contributed by atoms with van der Waals surface area (Å²) >= 11 is 0. The van der Waals surface area contributed by atoms with Crippen molar-refractivity contribution in [3.05, 3.63) is 47.5 Å². The zero-order chi connectivity index (χ0) is 10.3. The Kier molecular flexibility index (Phi) is 1.82. The fourth-order valence-corrected chi connectivity index (χ4v) is 2.00. The number of rotatable bonds is 0. The van der Waals surface area contributed by atoms with Crippen molar-refractivity contribution in [1.82, 2.24) is 0 Å². The molecule has 0 aromatic heterocycles. The third-order valence-electron chi connectivity index (χ3n) is 2.76. The second kappa shape index (κ2) is 3.17. The van der Waals surface area contributed by atoms with E-state index in [0.29, 0.717) is 6.61 Å². The number of hydrogen-bond acceptors (Lipinski definition) is 2. The van der Waals surface area contributed by atoms with Gasteiger partial charge in [0.2, 0.25) is 0 Å². The first-order chi connectivity index (χ1) is 7.34. The molecule has 0 aliphatic carbocycles. The van der Waals surface area contributed by atoms with E-state index in [4.69, 9.17) is 4.74 Å². The van der Waals surface area contributed by atoms with Gasteiger partial charge in [0.05, 0.1) is 6.61 Å². The number of hydrogen-bond donors (Lipinski definition) is 0. The third kappa shape index (κ3) is 1.34. The van der Waals surface area contributed by atoms with Crippen LogP contribution in [0, 0.1) is 0 Å². The van der Waals surface area contributed by atoms with Gasteiger partial charge in [0.15, 0.2) is 5.78 Å². The standard InChI is InChI=1S/C13H10O2/c14-13-8-15-7-11-5-9-3-1-2-4-10(9)6-12(11)13/h1-6H,7-8H2. The molecule has 0 bridgehead atoms. The summed E-state index contributed by atoms with van der Waals surface area (Å²) in [7, 11) is 0. The first-order valence-corrected chi connectivity index (χ1v) is 4.97. The van der Waals surface area contributed by atoms with Gasteiger partial charge in [-0.15, -0.1) is 0 Å². The molecule has 1 heterocycles. The van der Waals surface area contributed by atoms with Crippen LogP contribution in [0.5, 0.6) is 0 Å². The van der Waals surface area contributed by atoms with Gasteiger partial charge in [-0.05, 0) is 28.5 Å². The Morgan fingerprint density at radius 3 is 2.53 bits per heavy atom. The maximum absolute atomic E-state index is 11.6. The van der Waals surface area contributed by atoms with Gasteiger partial charge >= 0.3 is 0 Å². The second-order valence-electron chi connectivity index (χ2n) is 3.77. The highest BCUT2D eigenvalue weighted by atomic mass is 16.5. The minimum Gasteiger partial charge on any atom is -0.369 e. The summed E-state index contributed by atoms with van der Waals surface area (Å²) in [4.78, 5) is 11.6. The van der Waals surface area contributed by atoms with E-state index in [9.17, 15) is 4.79 Å². The maximum atomic E-state index is 11.6. The van der Waals surface area contributed by atoms with Crippen LogP contribution in [0.1, 0.15) is 15.9 Å². The minimum absolute atomic E-state index is 0.0852. The Hall–Kier alpha value is -1.67. The van der Waals surface area contributed by atoms with Crippen molar-refractivity contribution in [3.8, 4) is 0 Å². The van der Waals surface area contributed by atoms with E-state index in [-0.39, 0.29) is 12.4 Å². The predicted molar refractivity (Wildman–Crippen MR) is 57.9 cm³/mol. The van der Waals surface area contributed by atoms with Crippen LogP contribution in [0.3, 0.4) is 0 Å². The van der Waals surface area contributed by atoms with Crippen molar-refractivity contribution >= 4 is 16.6 Å². The summed E-state index contributed by atoms with van der Waals surface area (Å²) < 4.78 is 5.21. The topological polar surface area (TPSA) is 26.3 Å². The molecule has 1 aliphatic rings. The molecule has 0 amide bonds. The van der Waals surface area contributed by atoms with E-state index in [0.717, 1.165) is 21.9 Å². The zero-order valence-corrected chi connectivity index (χ0v) is 8.19. The summed E-state index contributed by atoms with van der Waals surface area (Å²) in [6.07, 6.45) is 0. The third-order valence-corrected chi connectivity index (χ3v) is 2.76. The lowest BCUT2D eigenvalue weighted by molar-refractivity contribution is 0.0666. The SMILES string of the molecule is O=C1COCc2cc3ccccc3cc21. The zero-order valence-electron chi connectivity index (χ0n) is 8.19. The molecule has 0 saturated carbocycles. The fourth-order valence-electron chi connectivity index (χ4n) is 2.00. The fraction of sp³-hybridized carbons (Fsp3) is 0.154. The highest BCUT2D eigenvalue weighted by molar-refractivity contribution is 6.02. The summed E-state index contributed by atoms with van der Waals surface area (Å²) in [6, 6.07) is 12.1. The Morgan fingerprint density at radius 1 is 1.00 bits per heavy atom. The van der Waals surface area contributed by atoms with Gasteiger partial charge in [-0.25, -0.2) is 0 Å².